The Labute approximate surface area is 188 Å². The fourth-order valence-electron chi connectivity index (χ4n) is 3.97. The van der Waals surface area contributed by atoms with Crippen LogP contribution in [0, 0.1) is 5.92 Å². The topological polar surface area (TPSA) is 81.3 Å². The summed E-state index contributed by atoms with van der Waals surface area (Å²) in [5.74, 6) is -0.508. The molecule has 2 aromatic carbocycles. The standard InChI is InChI=1S/C26H30N2O4/c1-4-15-27-24(17-29)23(14-9-18(2)3)28(26(27)32)16-19-10-12-20(13-11-19)21-7-5-6-8-22(21)25(30)31/h5-8,10-13,17-18H,4,9,14-16H2,1-3H3,(H,30,31). The number of nitrogens with zero attached hydrogens (tertiary/aromatic N) is 2. The minimum absolute atomic E-state index is 0.159. The van der Waals surface area contributed by atoms with Gasteiger partial charge >= 0.3 is 11.7 Å². The maximum atomic E-state index is 13.1. The normalized spacial score (nSPS) is 11.1. The Morgan fingerprint density at radius 3 is 2.34 bits per heavy atom. The molecule has 6 nitrogen and oxygen atoms in total. The highest BCUT2D eigenvalue weighted by Gasteiger charge is 2.19. The Morgan fingerprint density at radius 2 is 1.75 bits per heavy atom. The van der Waals surface area contributed by atoms with Gasteiger partial charge in [0.1, 0.15) is 5.69 Å². The number of imidazole rings is 1. The maximum absolute atomic E-state index is 13.1. The average molecular weight is 435 g/mol. The van der Waals surface area contributed by atoms with Crippen LogP contribution >= 0.6 is 0 Å². The van der Waals surface area contributed by atoms with Crippen molar-refractivity contribution in [1.29, 1.82) is 0 Å². The summed E-state index contributed by atoms with van der Waals surface area (Å²) in [7, 11) is 0. The zero-order valence-corrected chi connectivity index (χ0v) is 18.9. The van der Waals surface area contributed by atoms with Crippen molar-refractivity contribution in [2.75, 3.05) is 0 Å². The lowest BCUT2D eigenvalue weighted by Gasteiger charge is -2.11. The maximum Gasteiger partial charge on any atom is 0.336 e. The molecule has 1 aromatic heterocycles. The molecular weight excluding hydrogens is 404 g/mol. The number of carboxylic acids is 1. The van der Waals surface area contributed by atoms with E-state index in [0.29, 0.717) is 36.7 Å². The molecule has 0 saturated heterocycles. The van der Waals surface area contributed by atoms with Gasteiger partial charge in [-0.1, -0.05) is 63.2 Å². The van der Waals surface area contributed by atoms with Crippen LogP contribution in [-0.2, 0) is 19.5 Å². The van der Waals surface area contributed by atoms with E-state index in [4.69, 9.17) is 0 Å². The molecule has 0 aliphatic heterocycles. The second kappa shape index (κ2) is 10.3. The van der Waals surface area contributed by atoms with Gasteiger partial charge in [-0.05, 0) is 47.9 Å². The Bertz CT molecular complexity index is 1150. The lowest BCUT2D eigenvalue weighted by atomic mass is 9.98. The first-order valence-corrected chi connectivity index (χ1v) is 11.1. The van der Waals surface area contributed by atoms with Crippen molar-refractivity contribution in [2.24, 2.45) is 5.92 Å². The van der Waals surface area contributed by atoms with Gasteiger partial charge in [0.25, 0.3) is 0 Å². The third-order valence-electron chi connectivity index (χ3n) is 5.65. The van der Waals surface area contributed by atoms with E-state index in [1.165, 1.54) is 0 Å². The van der Waals surface area contributed by atoms with Crippen LogP contribution < -0.4 is 5.69 Å². The molecule has 0 unspecified atom stereocenters. The van der Waals surface area contributed by atoms with Crippen LogP contribution in [0.2, 0.25) is 0 Å². The highest BCUT2D eigenvalue weighted by atomic mass is 16.4. The van der Waals surface area contributed by atoms with E-state index in [2.05, 4.69) is 13.8 Å². The number of aldehydes is 1. The molecule has 6 heteroatoms. The molecule has 0 bridgehead atoms. The second-order valence-electron chi connectivity index (χ2n) is 8.45. The zero-order chi connectivity index (χ0) is 23.3. The van der Waals surface area contributed by atoms with Gasteiger partial charge in [0.15, 0.2) is 6.29 Å². The van der Waals surface area contributed by atoms with Gasteiger partial charge in [-0.15, -0.1) is 0 Å². The Morgan fingerprint density at radius 1 is 1.06 bits per heavy atom. The molecule has 0 fully saturated rings. The van der Waals surface area contributed by atoms with Gasteiger partial charge in [-0.2, -0.15) is 0 Å². The lowest BCUT2D eigenvalue weighted by molar-refractivity contribution is 0.0697. The summed E-state index contributed by atoms with van der Waals surface area (Å²) >= 11 is 0. The number of hydrogen-bond acceptors (Lipinski definition) is 3. The number of carboxylic acid groups (broad SMARTS) is 1. The molecule has 1 N–H and O–H groups in total. The Hall–Kier alpha value is -3.41. The molecule has 0 aliphatic carbocycles. The fraction of sp³-hybridized carbons (Fsp3) is 0.346. The first-order valence-electron chi connectivity index (χ1n) is 11.1. The molecule has 32 heavy (non-hydrogen) atoms. The summed E-state index contributed by atoms with van der Waals surface area (Å²) in [5, 5.41) is 9.45. The average Bonchev–Trinajstić information content (AvgIpc) is 3.03. The first kappa shape index (κ1) is 23.3. The minimum Gasteiger partial charge on any atom is -0.478 e. The number of carbonyl (C=O) groups is 2. The van der Waals surface area contributed by atoms with Gasteiger partial charge in [0.05, 0.1) is 17.8 Å². The van der Waals surface area contributed by atoms with Crippen molar-refractivity contribution in [2.45, 2.75) is 53.1 Å². The summed E-state index contributed by atoms with van der Waals surface area (Å²) in [6, 6.07) is 14.5. The SMILES string of the molecule is CCCn1c(C=O)c(CCC(C)C)n(Cc2ccc(-c3ccccc3C(=O)O)cc2)c1=O. The van der Waals surface area contributed by atoms with E-state index in [9.17, 15) is 19.5 Å². The van der Waals surface area contributed by atoms with E-state index in [1.54, 1.807) is 27.3 Å². The molecule has 3 rings (SSSR count). The van der Waals surface area contributed by atoms with Gasteiger partial charge in [0.2, 0.25) is 0 Å². The van der Waals surface area contributed by atoms with E-state index in [1.807, 2.05) is 37.3 Å². The van der Waals surface area contributed by atoms with Crippen LogP contribution in [0.25, 0.3) is 11.1 Å². The third-order valence-corrected chi connectivity index (χ3v) is 5.65. The predicted molar refractivity (Wildman–Crippen MR) is 125 cm³/mol. The van der Waals surface area contributed by atoms with Crippen LogP contribution in [0.4, 0.5) is 0 Å². The quantitative estimate of drug-likeness (QED) is 0.462. The van der Waals surface area contributed by atoms with E-state index >= 15 is 0 Å². The number of carbonyl (C=O) groups excluding carboxylic acids is 1. The van der Waals surface area contributed by atoms with Gasteiger partial charge in [-0.25, -0.2) is 9.59 Å². The van der Waals surface area contributed by atoms with Crippen molar-refractivity contribution < 1.29 is 14.7 Å². The molecule has 168 valence electrons. The van der Waals surface area contributed by atoms with Crippen LogP contribution in [0.1, 0.15) is 65.7 Å². The summed E-state index contributed by atoms with van der Waals surface area (Å²) < 4.78 is 3.29. The number of aromatic carboxylic acids is 1. The minimum atomic E-state index is -0.968. The first-order chi connectivity index (χ1) is 15.4. The molecule has 0 saturated carbocycles. The van der Waals surface area contributed by atoms with Crippen molar-refractivity contribution in [3.8, 4) is 11.1 Å². The molecule has 0 atom stereocenters. The summed E-state index contributed by atoms with van der Waals surface area (Å²) in [6.45, 7) is 7.11. The summed E-state index contributed by atoms with van der Waals surface area (Å²) in [5.41, 5.74) is 3.72. The van der Waals surface area contributed by atoms with Crippen molar-refractivity contribution >= 4 is 12.3 Å². The molecule has 0 amide bonds. The van der Waals surface area contributed by atoms with Gasteiger partial charge in [0, 0.05) is 6.54 Å². The van der Waals surface area contributed by atoms with Crippen LogP contribution in [0.5, 0.6) is 0 Å². The van der Waals surface area contributed by atoms with Gasteiger partial charge in [-0.3, -0.25) is 13.9 Å². The summed E-state index contributed by atoms with van der Waals surface area (Å²) in [4.78, 5) is 36.5. The van der Waals surface area contributed by atoms with E-state index < -0.39 is 5.97 Å². The molecule has 0 radical (unpaired) electrons. The van der Waals surface area contributed by atoms with Crippen LogP contribution in [-0.4, -0.2) is 26.5 Å². The summed E-state index contributed by atoms with van der Waals surface area (Å²) in [6.07, 6.45) is 3.13. The van der Waals surface area contributed by atoms with E-state index in [-0.39, 0.29) is 11.3 Å². The third kappa shape index (κ3) is 4.90. The van der Waals surface area contributed by atoms with E-state index in [0.717, 1.165) is 35.9 Å². The zero-order valence-electron chi connectivity index (χ0n) is 18.9. The van der Waals surface area contributed by atoms with Gasteiger partial charge < -0.3 is 5.11 Å². The molecular formula is C26H30N2O4. The second-order valence-corrected chi connectivity index (χ2v) is 8.45. The molecule has 1 heterocycles. The van der Waals surface area contributed by atoms with Crippen molar-refractivity contribution in [1.82, 2.24) is 9.13 Å². The molecule has 3 aromatic rings. The Kier molecular flexibility index (Phi) is 7.46. The smallest absolute Gasteiger partial charge is 0.336 e. The molecule has 0 spiro atoms. The fourth-order valence-corrected chi connectivity index (χ4v) is 3.97. The largest absolute Gasteiger partial charge is 0.478 e. The van der Waals surface area contributed by atoms with Crippen LogP contribution in [0.3, 0.4) is 0 Å². The number of rotatable bonds is 10. The molecule has 0 aliphatic rings. The number of aromatic nitrogens is 2. The monoisotopic (exact) mass is 434 g/mol. The number of hydrogen-bond donors (Lipinski definition) is 1. The predicted octanol–water partition coefficient (Wildman–Crippen LogP) is 4.87. The van der Waals surface area contributed by atoms with Crippen molar-refractivity contribution in [3.63, 3.8) is 0 Å². The highest BCUT2D eigenvalue weighted by molar-refractivity contribution is 5.96. The number of benzene rings is 2. The lowest BCUT2D eigenvalue weighted by Crippen LogP contribution is -2.26. The highest BCUT2D eigenvalue weighted by Crippen LogP contribution is 2.24. The van der Waals surface area contributed by atoms with Crippen LogP contribution in [0.15, 0.2) is 53.3 Å². The van der Waals surface area contributed by atoms with Crippen molar-refractivity contribution in [3.05, 3.63) is 81.5 Å². The Balaban J connectivity index is 1.97.